The second-order valence-corrected chi connectivity index (χ2v) is 5.57. The topological polar surface area (TPSA) is 17.1 Å². The summed E-state index contributed by atoms with van der Waals surface area (Å²) in [4.78, 5) is 11.7. The lowest BCUT2D eigenvalue weighted by molar-refractivity contribution is 0.108. The summed E-state index contributed by atoms with van der Waals surface area (Å²) in [5.74, 6) is 0. The maximum Gasteiger partial charge on any atom is 0.262 e. The summed E-state index contributed by atoms with van der Waals surface area (Å²) in [5, 5.41) is 4.02. The lowest BCUT2D eigenvalue weighted by Crippen LogP contribution is -1.78. The Balaban J connectivity index is 2.46. The SMILES string of the molecule is O=C(Cl)c1cc2c(ccc3sccc32)s1. The summed E-state index contributed by atoms with van der Waals surface area (Å²) >= 11 is 8.63. The lowest BCUT2D eigenvalue weighted by atomic mass is 10.2. The molecule has 0 atom stereocenters. The quantitative estimate of drug-likeness (QED) is 0.583. The highest BCUT2D eigenvalue weighted by Crippen LogP contribution is 2.34. The van der Waals surface area contributed by atoms with Crippen molar-refractivity contribution in [1.82, 2.24) is 0 Å². The van der Waals surface area contributed by atoms with Gasteiger partial charge in [-0.25, -0.2) is 0 Å². The fraction of sp³-hybridized carbons (Fsp3) is 0. The third kappa shape index (κ3) is 1.39. The molecule has 0 radical (unpaired) electrons. The fourth-order valence-corrected chi connectivity index (χ4v) is 3.54. The summed E-state index contributed by atoms with van der Waals surface area (Å²) in [6.07, 6.45) is 0. The minimum absolute atomic E-state index is 0.375. The van der Waals surface area contributed by atoms with Crippen LogP contribution in [0.1, 0.15) is 9.67 Å². The largest absolute Gasteiger partial charge is 0.275 e. The standard InChI is InChI=1S/C11H5ClOS2/c12-11(13)10-5-7-6-3-4-14-8(6)1-2-9(7)15-10/h1-5H. The molecule has 74 valence electrons. The van der Waals surface area contributed by atoms with E-state index in [4.69, 9.17) is 11.6 Å². The van der Waals surface area contributed by atoms with Crippen molar-refractivity contribution in [3.8, 4) is 0 Å². The number of halogens is 1. The van der Waals surface area contributed by atoms with Gasteiger partial charge in [-0.05, 0) is 41.2 Å². The molecule has 0 saturated heterocycles. The number of rotatable bonds is 1. The van der Waals surface area contributed by atoms with Gasteiger partial charge in [0.15, 0.2) is 0 Å². The Kier molecular flexibility index (Phi) is 2.06. The molecular weight excluding hydrogens is 248 g/mol. The predicted octanol–water partition coefficient (Wildman–Crippen LogP) is 4.50. The van der Waals surface area contributed by atoms with Gasteiger partial charge in [-0.15, -0.1) is 22.7 Å². The third-order valence-corrected chi connectivity index (χ3v) is 4.62. The number of fused-ring (bicyclic) bond motifs is 3. The molecular formula is C11H5ClOS2. The van der Waals surface area contributed by atoms with E-state index < -0.39 is 0 Å². The Morgan fingerprint density at radius 3 is 2.73 bits per heavy atom. The minimum Gasteiger partial charge on any atom is -0.275 e. The Hall–Kier alpha value is -0.900. The van der Waals surface area contributed by atoms with Crippen molar-refractivity contribution in [2.24, 2.45) is 0 Å². The van der Waals surface area contributed by atoms with Crippen LogP contribution in [0.2, 0.25) is 0 Å². The molecule has 0 saturated carbocycles. The zero-order valence-electron chi connectivity index (χ0n) is 7.49. The van der Waals surface area contributed by atoms with Gasteiger partial charge in [0.1, 0.15) is 0 Å². The zero-order chi connectivity index (χ0) is 10.4. The van der Waals surface area contributed by atoms with Gasteiger partial charge in [0.25, 0.3) is 5.24 Å². The molecule has 0 N–H and O–H groups in total. The van der Waals surface area contributed by atoms with Crippen molar-refractivity contribution in [2.75, 3.05) is 0 Å². The summed E-state index contributed by atoms with van der Waals surface area (Å²) < 4.78 is 2.36. The van der Waals surface area contributed by atoms with E-state index in [1.807, 2.05) is 12.1 Å². The smallest absolute Gasteiger partial charge is 0.262 e. The number of hydrogen-bond acceptors (Lipinski definition) is 3. The van der Waals surface area contributed by atoms with Crippen LogP contribution in [-0.4, -0.2) is 5.24 Å². The fourth-order valence-electron chi connectivity index (χ4n) is 1.66. The first-order valence-electron chi connectivity index (χ1n) is 4.35. The van der Waals surface area contributed by atoms with Crippen molar-refractivity contribution < 1.29 is 4.79 Å². The van der Waals surface area contributed by atoms with Gasteiger partial charge in [-0.1, -0.05) is 0 Å². The molecule has 0 fully saturated rings. The van der Waals surface area contributed by atoms with Crippen molar-refractivity contribution in [3.05, 3.63) is 34.5 Å². The van der Waals surface area contributed by atoms with Gasteiger partial charge in [0.05, 0.1) is 4.88 Å². The molecule has 0 aliphatic heterocycles. The zero-order valence-corrected chi connectivity index (χ0v) is 9.88. The molecule has 2 heterocycles. The van der Waals surface area contributed by atoms with Gasteiger partial charge < -0.3 is 0 Å². The van der Waals surface area contributed by atoms with Gasteiger partial charge in [-0.3, -0.25) is 4.79 Å². The average Bonchev–Trinajstić information content (AvgIpc) is 2.82. The van der Waals surface area contributed by atoms with Gasteiger partial charge in [0, 0.05) is 20.2 Å². The number of hydrogen-bond donors (Lipinski definition) is 0. The van der Waals surface area contributed by atoms with E-state index in [1.54, 1.807) is 11.3 Å². The first kappa shape index (κ1) is 9.33. The van der Waals surface area contributed by atoms with Crippen molar-refractivity contribution in [2.45, 2.75) is 0 Å². The number of carbonyl (C=O) groups is 1. The Bertz CT molecular complexity index is 665. The normalized spacial score (nSPS) is 11.3. The van der Waals surface area contributed by atoms with E-state index in [2.05, 4.69) is 17.5 Å². The van der Waals surface area contributed by atoms with Gasteiger partial charge in [-0.2, -0.15) is 0 Å². The monoisotopic (exact) mass is 252 g/mol. The summed E-state index contributed by atoms with van der Waals surface area (Å²) in [7, 11) is 0. The Labute approximate surface area is 98.9 Å². The minimum atomic E-state index is -0.375. The molecule has 0 spiro atoms. The Morgan fingerprint density at radius 1 is 1.13 bits per heavy atom. The van der Waals surface area contributed by atoms with E-state index in [9.17, 15) is 4.79 Å². The van der Waals surface area contributed by atoms with Crippen LogP contribution in [-0.2, 0) is 0 Å². The van der Waals surface area contributed by atoms with Crippen LogP contribution in [0, 0.1) is 0 Å². The molecule has 0 aliphatic carbocycles. The second kappa shape index (κ2) is 3.30. The van der Waals surface area contributed by atoms with Gasteiger partial charge in [0.2, 0.25) is 0 Å². The average molecular weight is 253 g/mol. The van der Waals surface area contributed by atoms with E-state index in [0.717, 1.165) is 10.1 Å². The molecule has 2 aromatic heterocycles. The number of thiophene rings is 2. The highest BCUT2D eigenvalue weighted by atomic mass is 35.5. The molecule has 0 unspecified atom stereocenters. The maximum atomic E-state index is 11.1. The van der Waals surface area contributed by atoms with E-state index in [1.165, 1.54) is 21.4 Å². The summed E-state index contributed by atoms with van der Waals surface area (Å²) in [6.45, 7) is 0. The van der Waals surface area contributed by atoms with Crippen molar-refractivity contribution in [3.63, 3.8) is 0 Å². The van der Waals surface area contributed by atoms with E-state index >= 15 is 0 Å². The van der Waals surface area contributed by atoms with Gasteiger partial charge >= 0.3 is 0 Å². The molecule has 0 amide bonds. The molecule has 1 nitrogen and oxygen atoms in total. The summed E-state index contributed by atoms with van der Waals surface area (Å²) in [5.41, 5.74) is 0. The molecule has 4 heteroatoms. The van der Waals surface area contributed by atoms with Crippen LogP contribution in [0.25, 0.3) is 20.2 Å². The van der Waals surface area contributed by atoms with Crippen molar-refractivity contribution in [1.29, 1.82) is 0 Å². The lowest BCUT2D eigenvalue weighted by Gasteiger charge is -1.90. The molecule has 3 rings (SSSR count). The maximum absolute atomic E-state index is 11.1. The van der Waals surface area contributed by atoms with Crippen LogP contribution < -0.4 is 0 Å². The van der Waals surface area contributed by atoms with Crippen LogP contribution in [0.3, 0.4) is 0 Å². The predicted molar refractivity (Wildman–Crippen MR) is 67.4 cm³/mol. The molecule has 0 aliphatic rings. The molecule has 1 aromatic carbocycles. The highest BCUT2D eigenvalue weighted by molar-refractivity contribution is 7.22. The summed E-state index contributed by atoms with van der Waals surface area (Å²) in [6, 6.07) is 8.09. The molecule has 0 bridgehead atoms. The van der Waals surface area contributed by atoms with E-state index in [0.29, 0.717) is 4.88 Å². The highest BCUT2D eigenvalue weighted by Gasteiger charge is 2.09. The Morgan fingerprint density at radius 2 is 1.93 bits per heavy atom. The van der Waals surface area contributed by atoms with Crippen LogP contribution in [0.15, 0.2) is 29.6 Å². The molecule has 3 aromatic rings. The first-order valence-corrected chi connectivity index (χ1v) is 6.43. The van der Waals surface area contributed by atoms with Crippen LogP contribution in [0.5, 0.6) is 0 Å². The number of carbonyl (C=O) groups excluding carboxylic acids is 1. The van der Waals surface area contributed by atoms with Crippen molar-refractivity contribution >= 4 is 59.7 Å². The van der Waals surface area contributed by atoms with E-state index in [-0.39, 0.29) is 5.24 Å². The third-order valence-electron chi connectivity index (χ3n) is 2.33. The molecule has 15 heavy (non-hydrogen) atoms. The van der Waals surface area contributed by atoms with Crippen LogP contribution in [0.4, 0.5) is 0 Å². The van der Waals surface area contributed by atoms with Crippen LogP contribution >= 0.6 is 34.3 Å². The first-order chi connectivity index (χ1) is 7.25. The second-order valence-electron chi connectivity index (χ2n) is 3.19. The number of benzene rings is 1.